The Bertz CT molecular complexity index is 977. The first-order valence-electron chi connectivity index (χ1n) is 7.96. The van der Waals surface area contributed by atoms with Gasteiger partial charge in [-0.25, -0.2) is 18.6 Å². The van der Waals surface area contributed by atoms with E-state index >= 15 is 0 Å². The molecule has 2 heterocycles. The minimum Gasteiger partial charge on any atom is -0.455 e. The van der Waals surface area contributed by atoms with Gasteiger partial charge >= 0.3 is 5.97 Å². The van der Waals surface area contributed by atoms with Crippen LogP contribution in [0, 0.1) is 0 Å². The Morgan fingerprint density at radius 2 is 1.88 bits per heavy atom. The maximum absolute atomic E-state index is 13.5. The van der Waals surface area contributed by atoms with Crippen LogP contribution in [0.2, 0.25) is 5.15 Å². The molecular weight excluding hydrogens is 362 g/mol. The molecule has 26 heavy (non-hydrogen) atoms. The Morgan fingerprint density at radius 3 is 2.54 bits per heavy atom. The maximum atomic E-state index is 13.5. The first kappa shape index (κ1) is 18.3. The molecule has 0 aliphatic rings. The number of carbonyl (C=O) groups is 1. The average Bonchev–Trinajstić information content (AvgIpc) is 2.91. The third-order valence-electron chi connectivity index (χ3n) is 3.64. The minimum atomic E-state index is -2.71. The first-order chi connectivity index (χ1) is 12.2. The number of esters is 1. The van der Waals surface area contributed by atoms with Crippen molar-refractivity contribution in [1.29, 1.82) is 0 Å². The molecule has 0 radical (unpaired) electrons. The van der Waals surface area contributed by atoms with Crippen molar-refractivity contribution in [3.63, 3.8) is 0 Å². The van der Waals surface area contributed by atoms with Gasteiger partial charge in [0.1, 0.15) is 22.1 Å². The van der Waals surface area contributed by atoms with Crippen molar-refractivity contribution in [2.24, 2.45) is 0 Å². The van der Waals surface area contributed by atoms with Crippen molar-refractivity contribution in [3.8, 4) is 5.69 Å². The number of ether oxygens (including phenoxy) is 1. The van der Waals surface area contributed by atoms with E-state index < -0.39 is 18.0 Å². The Balaban J connectivity index is 2.30. The Labute approximate surface area is 154 Å². The average molecular weight is 379 g/mol. The van der Waals surface area contributed by atoms with Crippen LogP contribution >= 0.6 is 11.6 Å². The van der Waals surface area contributed by atoms with Gasteiger partial charge in [-0.05, 0) is 45.0 Å². The number of para-hydroxylation sites is 1. The number of hydrogen-bond donors (Lipinski definition) is 0. The molecule has 0 fully saturated rings. The summed E-state index contributed by atoms with van der Waals surface area (Å²) in [6.45, 7) is 5.21. The van der Waals surface area contributed by atoms with Crippen molar-refractivity contribution in [2.45, 2.75) is 32.8 Å². The monoisotopic (exact) mass is 378 g/mol. The predicted octanol–water partition coefficient (Wildman–Crippen LogP) is 5.57. The number of alkyl halides is 2. The number of benzene rings is 1. The summed E-state index contributed by atoms with van der Waals surface area (Å²) in [5.41, 5.74) is -0.361. The molecule has 0 unspecified atom stereocenters. The summed E-state index contributed by atoms with van der Waals surface area (Å²) in [6, 6.07) is 10.8. The topological polar surface area (TPSA) is 44.1 Å². The molecule has 3 rings (SSSR count). The molecule has 1 aromatic carbocycles. The highest BCUT2D eigenvalue weighted by atomic mass is 35.5. The predicted molar refractivity (Wildman–Crippen MR) is 96.2 cm³/mol. The Morgan fingerprint density at radius 1 is 1.19 bits per heavy atom. The standard InChI is InChI=1S/C19H17ClF2N2O2/c1-19(2,3)26-18(25)14-10-11-8-9-15(20)23-17(11)24(14)13-7-5-4-6-12(13)16(21)22/h4-10,16H,1-3H3. The van der Waals surface area contributed by atoms with Crippen molar-refractivity contribution < 1.29 is 18.3 Å². The van der Waals surface area contributed by atoms with Crippen molar-refractivity contribution >= 4 is 28.6 Å². The molecule has 0 amide bonds. The van der Waals surface area contributed by atoms with Crippen LogP contribution < -0.4 is 0 Å². The molecule has 0 aliphatic carbocycles. The van der Waals surface area contributed by atoms with Crippen LogP contribution in [0.4, 0.5) is 8.78 Å². The number of halogens is 3. The lowest BCUT2D eigenvalue weighted by atomic mass is 10.1. The second kappa shape index (κ2) is 6.68. The van der Waals surface area contributed by atoms with Gasteiger partial charge < -0.3 is 4.74 Å². The van der Waals surface area contributed by atoms with Crippen LogP contribution in [-0.4, -0.2) is 21.1 Å². The molecule has 7 heteroatoms. The minimum absolute atomic E-state index is 0.109. The molecule has 0 spiro atoms. The van der Waals surface area contributed by atoms with E-state index in [-0.39, 0.29) is 22.1 Å². The number of fused-ring (bicyclic) bond motifs is 1. The number of pyridine rings is 1. The lowest BCUT2D eigenvalue weighted by Gasteiger charge is -2.20. The zero-order chi connectivity index (χ0) is 19.1. The number of rotatable bonds is 3. The summed E-state index contributed by atoms with van der Waals surface area (Å²) in [4.78, 5) is 16.9. The van der Waals surface area contributed by atoms with Crippen LogP contribution in [0.3, 0.4) is 0 Å². The fourth-order valence-corrected chi connectivity index (χ4v) is 2.80. The first-order valence-corrected chi connectivity index (χ1v) is 8.34. The van der Waals surface area contributed by atoms with Gasteiger partial charge in [0.15, 0.2) is 0 Å². The Kier molecular flexibility index (Phi) is 4.71. The molecule has 0 N–H and O–H groups in total. The second-order valence-corrected chi connectivity index (χ2v) is 7.16. The number of hydrogen-bond acceptors (Lipinski definition) is 3. The fraction of sp³-hybridized carbons (Fsp3) is 0.263. The second-order valence-electron chi connectivity index (χ2n) is 6.77. The molecule has 4 nitrogen and oxygen atoms in total. The quantitative estimate of drug-likeness (QED) is 0.442. The Hall–Kier alpha value is -2.47. The van der Waals surface area contributed by atoms with Gasteiger partial charge in [-0.1, -0.05) is 29.8 Å². The van der Waals surface area contributed by atoms with E-state index in [1.807, 2.05) is 0 Å². The highest BCUT2D eigenvalue weighted by Crippen LogP contribution is 2.31. The van der Waals surface area contributed by atoms with Gasteiger partial charge in [-0.3, -0.25) is 4.57 Å². The molecule has 0 saturated heterocycles. The van der Waals surface area contributed by atoms with Gasteiger partial charge in [0.2, 0.25) is 0 Å². The van der Waals surface area contributed by atoms with Gasteiger partial charge in [-0.15, -0.1) is 0 Å². The van der Waals surface area contributed by atoms with E-state index in [2.05, 4.69) is 4.98 Å². The third-order valence-corrected chi connectivity index (χ3v) is 3.85. The number of carbonyl (C=O) groups excluding carboxylic acids is 1. The summed E-state index contributed by atoms with van der Waals surface area (Å²) in [7, 11) is 0. The van der Waals surface area contributed by atoms with Crippen LogP contribution in [0.15, 0.2) is 42.5 Å². The lowest BCUT2D eigenvalue weighted by Crippen LogP contribution is -2.25. The summed E-state index contributed by atoms with van der Waals surface area (Å²) >= 11 is 5.99. The van der Waals surface area contributed by atoms with Crippen LogP contribution in [0.25, 0.3) is 16.7 Å². The molecule has 3 aromatic rings. The molecular formula is C19H17ClF2N2O2. The van der Waals surface area contributed by atoms with E-state index in [0.29, 0.717) is 11.0 Å². The highest BCUT2D eigenvalue weighted by molar-refractivity contribution is 6.29. The lowest BCUT2D eigenvalue weighted by molar-refractivity contribution is 0.00606. The fourth-order valence-electron chi connectivity index (χ4n) is 2.65. The number of nitrogens with zero attached hydrogens (tertiary/aromatic N) is 2. The summed E-state index contributed by atoms with van der Waals surface area (Å²) in [5, 5.41) is 0.793. The molecule has 0 aliphatic heterocycles. The highest BCUT2D eigenvalue weighted by Gasteiger charge is 2.26. The van der Waals surface area contributed by atoms with Crippen molar-refractivity contribution in [1.82, 2.24) is 9.55 Å². The van der Waals surface area contributed by atoms with Gasteiger partial charge in [0, 0.05) is 10.9 Å². The molecule has 0 saturated carbocycles. The zero-order valence-corrected chi connectivity index (χ0v) is 15.2. The zero-order valence-electron chi connectivity index (χ0n) is 14.5. The third kappa shape index (κ3) is 3.55. The van der Waals surface area contributed by atoms with Crippen LogP contribution in [0.5, 0.6) is 0 Å². The van der Waals surface area contributed by atoms with Gasteiger partial charge in [0.05, 0.1) is 5.69 Å². The summed E-state index contributed by atoms with van der Waals surface area (Å²) in [5.74, 6) is -0.629. The summed E-state index contributed by atoms with van der Waals surface area (Å²) < 4.78 is 33.9. The van der Waals surface area contributed by atoms with E-state index in [0.717, 1.165) is 0 Å². The maximum Gasteiger partial charge on any atom is 0.355 e. The number of aromatic nitrogens is 2. The molecule has 136 valence electrons. The van der Waals surface area contributed by atoms with Crippen LogP contribution in [-0.2, 0) is 4.74 Å². The van der Waals surface area contributed by atoms with Gasteiger partial charge in [-0.2, -0.15) is 0 Å². The molecule has 2 aromatic heterocycles. The summed E-state index contributed by atoms with van der Waals surface area (Å²) in [6.07, 6.45) is -2.71. The van der Waals surface area contributed by atoms with Crippen LogP contribution in [0.1, 0.15) is 43.2 Å². The largest absolute Gasteiger partial charge is 0.455 e. The van der Waals surface area contributed by atoms with E-state index in [4.69, 9.17) is 16.3 Å². The normalized spacial score (nSPS) is 12.0. The smallest absolute Gasteiger partial charge is 0.355 e. The molecule has 0 atom stereocenters. The van der Waals surface area contributed by atoms with E-state index in [9.17, 15) is 13.6 Å². The molecule has 0 bridgehead atoms. The van der Waals surface area contributed by atoms with Gasteiger partial charge in [0.25, 0.3) is 6.43 Å². The SMILES string of the molecule is CC(C)(C)OC(=O)c1cc2ccc(Cl)nc2n1-c1ccccc1C(F)F. The van der Waals surface area contributed by atoms with Crippen molar-refractivity contribution in [2.75, 3.05) is 0 Å². The van der Waals surface area contributed by atoms with Crippen molar-refractivity contribution in [3.05, 3.63) is 58.9 Å². The van der Waals surface area contributed by atoms with E-state index in [1.165, 1.54) is 22.8 Å². The van der Waals surface area contributed by atoms with E-state index in [1.54, 1.807) is 45.0 Å².